The smallest absolute Gasteiger partial charge is 0.163 e. The molecule has 4 atom stereocenters. The summed E-state index contributed by atoms with van der Waals surface area (Å²) in [6.07, 6.45) is 32.2. The molecule has 5 heteroatoms. The minimum atomic E-state index is -0.0432. The zero-order valence-corrected chi connectivity index (χ0v) is 27.3. The summed E-state index contributed by atoms with van der Waals surface area (Å²) in [4.78, 5) is 0. The lowest BCUT2D eigenvalue weighted by atomic mass is 9.92. The van der Waals surface area contributed by atoms with Crippen LogP contribution in [0.3, 0.4) is 0 Å². The molecule has 0 aliphatic carbocycles. The Morgan fingerprint density at radius 3 is 1.14 bits per heavy atom. The molecular formula is C32H60Br2O3. The topological polar surface area (TPSA) is 27.7 Å². The molecule has 0 aromatic heterocycles. The second kappa shape index (κ2) is 24.6. The molecule has 2 rings (SSSR count). The maximum absolute atomic E-state index is 6.59. The number of alkyl halides is 2. The van der Waals surface area contributed by atoms with Crippen molar-refractivity contribution in [1.82, 2.24) is 0 Å². The van der Waals surface area contributed by atoms with E-state index >= 15 is 0 Å². The minimum absolute atomic E-state index is 0.0432. The third-order valence-corrected chi connectivity index (χ3v) is 9.58. The van der Waals surface area contributed by atoms with Crippen LogP contribution in [-0.2, 0) is 14.2 Å². The van der Waals surface area contributed by atoms with Gasteiger partial charge in [-0.3, -0.25) is 0 Å². The number of rotatable bonds is 24. The molecule has 4 unspecified atom stereocenters. The van der Waals surface area contributed by atoms with Crippen LogP contribution in [0.5, 0.6) is 0 Å². The third-order valence-electron chi connectivity index (χ3n) is 8.46. The number of hydrogen-bond acceptors (Lipinski definition) is 3. The Balaban J connectivity index is 1.56. The van der Waals surface area contributed by atoms with Crippen molar-refractivity contribution in [3.05, 3.63) is 0 Å². The van der Waals surface area contributed by atoms with Gasteiger partial charge in [-0.05, 0) is 51.4 Å². The number of halogens is 2. The van der Waals surface area contributed by atoms with E-state index in [0.29, 0.717) is 11.8 Å². The Labute approximate surface area is 247 Å². The van der Waals surface area contributed by atoms with Crippen LogP contribution in [0, 0.1) is 11.8 Å². The predicted octanol–water partition coefficient (Wildman–Crippen LogP) is 11.1. The summed E-state index contributed by atoms with van der Waals surface area (Å²) >= 11 is 7.06. The van der Waals surface area contributed by atoms with Crippen molar-refractivity contribution in [1.29, 1.82) is 0 Å². The maximum Gasteiger partial charge on any atom is 0.163 e. The van der Waals surface area contributed by atoms with Crippen molar-refractivity contribution in [3.8, 4) is 0 Å². The normalized spacial score (nSPS) is 24.5. The van der Waals surface area contributed by atoms with E-state index in [4.69, 9.17) is 14.2 Å². The van der Waals surface area contributed by atoms with E-state index in [0.717, 1.165) is 23.9 Å². The lowest BCUT2D eigenvalue weighted by Gasteiger charge is -2.38. The number of hydrogen-bond donors (Lipinski definition) is 0. The first-order chi connectivity index (χ1) is 18.3. The van der Waals surface area contributed by atoms with Crippen molar-refractivity contribution in [3.63, 3.8) is 0 Å². The number of unbranched alkanes of at least 4 members (excludes halogenated alkanes) is 16. The van der Waals surface area contributed by atoms with Gasteiger partial charge in [-0.1, -0.05) is 135 Å². The minimum Gasteiger partial charge on any atom is -0.352 e. The zero-order valence-electron chi connectivity index (χ0n) is 24.1. The first-order valence-electron chi connectivity index (χ1n) is 16.4. The van der Waals surface area contributed by atoms with Gasteiger partial charge in [0.1, 0.15) is 0 Å². The third kappa shape index (κ3) is 17.3. The Morgan fingerprint density at radius 1 is 0.459 bits per heavy atom. The standard InChI is InChI=1S/C32H60Br2O3/c33-25-17-13-9-5-1-3-7-11-15-21-29-23-19-27-35-31(29)37-32-30(24-20-28-36-32)22-16-12-8-4-2-6-10-14-18-26-34/h29-32H,1-28H2. The van der Waals surface area contributed by atoms with Crippen LogP contribution in [0.25, 0.3) is 0 Å². The van der Waals surface area contributed by atoms with Gasteiger partial charge < -0.3 is 14.2 Å². The molecule has 0 spiro atoms. The first-order valence-corrected chi connectivity index (χ1v) is 18.6. The van der Waals surface area contributed by atoms with E-state index in [9.17, 15) is 0 Å². The quantitative estimate of drug-likeness (QED) is 0.0767. The highest BCUT2D eigenvalue weighted by Crippen LogP contribution is 2.33. The Morgan fingerprint density at radius 2 is 0.784 bits per heavy atom. The molecule has 0 aromatic carbocycles. The molecule has 0 aromatic rings. The fraction of sp³-hybridized carbons (Fsp3) is 1.00. The molecule has 0 saturated carbocycles. The van der Waals surface area contributed by atoms with Crippen LogP contribution in [-0.4, -0.2) is 36.5 Å². The summed E-state index contributed by atoms with van der Waals surface area (Å²) in [6.45, 7) is 1.70. The average molecular weight is 653 g/mol. The van der Waals surface area contributed by atoms with Crippen molar-refractivity contribution < 1.29 is 14.2 Å². The summed E-state index contributed by atoms with van der Waals surface area (Å²) in [5.41, 5.74) is 0. The molecule has 37 heavy (non-hydrogen) atoms. The van der Waals surface area contributed by atoms with Gasteiger partial charge >= 0.3 is 0 Å². The molecule has 2 heterocycles. The second-order valence-electron chi connectivity index (χ2n) is 11.7. The van der Waals surface area contributed by atoms with Crippen LogP contribution >= 0.6 is 31.9 Å². The molecule has 0 radical (unpaired) electrons. The molecule has 2 aliphatic rings. The van der Waals surface area contributed by atoms with Gasteiger partial charge in [0, 0.05) is 35.7 Å². The number of ether oxygens (including phenoxy) is 3. The van der Waals surface area contributed by atoms with E-state index in [1.54, 1.807) is 0 Å². The lowest BCUT2D eigenvalue weighted by molar-refractivity contribution is -0.297. The highest BCUT2D eigenvalue weighted by molar-refractivity contribution is 9.09. The van der Waals surface area contributed by atoms with Gasteiger partial charge in [0.25, 0.3) is 0 Å². The highest BCUT2D eigenvalue weighted by atomic mass is 79.9. The Kier molecular flexibility index (Phi) is 22.7. The van der Waals surface area contributed by atoms with Crippen LogP contribution < -0.4 is 0 Å². The van der Waals surface area contributed by atoms with Crippen molar-refractivity contribution >= 4 is 31.9 Å². The van der Waals surface area contributed by atoms with Crippen LogP contribution in [0.1, 0.15) is 154 Å². The highest BCUT2D eigenvalue weighted by Gasteiger charge is 2.34. The molecule has 0 bridgehead atoms. The van der Waals surface area contributed by atoms with E-state index in [-0.39, 0.29) is 12.6 Å². The molecular weight excluding hydrogens is 592 g/mol. The van der Waals surface area contributed by atoms with Crippen molar-refractivity contribution in [2.24, 2.45) is 11.8 Å². The molecule has 220 valence electrons. The van der Waals surface area contributed by atoms with E-state index in [1.165, 1.54) is 154 Å². The zero-order chi connectivity index (χ0) is 26.2. The molecule has 0 amide bonds. The largest absolute Gasteiger partial charge is 0.352 e. The molecule has 0 N–H and O–H groups in total. The second-order valence-corrected chi connectivity index (χ2v) is 13.3. The summed E-state index contributed by atoms with van der Waals surface area (Å²) < 4.78 is 19.0. The van der Waals surface area contributed by atoms with Gasteiger partial charge in [-0.15, -0.1) is 0 Å². The SMILES string of the molecule is BrCCCCCCCCCCCC1CCCOC1OC1OCCCC1CCCCCCCCCCCBr. The molecule has 3 nitrogen and oxygen atoms in total. The monoisotopic (exact) mass is 650 g/mol. The van der Waals surface area contributed by atoms with Crippen molar-refractivity contribution in [2.45, 2.75) is 167 Å². The van der Waals surface area contributed by atoms with Gasteiger partial charge in [0.05, 0.1) is 0 Å². The summed E-state index contributed by atoms with van der Waals surface area (Å²) in [5, 5.41) is 2.32. The fourth-order valence-corrected chi connectivity index (χ4v) is 6.90. The molecule has 2 saturated heterocycles. The van der Waals surface area contributed by atoms with Crippen LogP contribution in [0.15, 0.2) is 0 Å². The van der Waals surface area contributed by atoms with Gasteiger partial charge in [-0.25, -0.2) is 0 Å². The molecule has 2 aliphatic heterocycles. The van der Waals surface area contributed by atoms with Gasteiger partial charge in [0.15, 0.2) is 12.6 Å². The fourth-order valence-electron chi connectivity index (χ4n) is 6.11. The van der Waals surface area contributed by atoms with Gasteiger partial charge in [0.2, 0.25) is 0 Å². The predicted molar refractivity (Wildman–Crippen MR) is 166 cm³/mol. The van der Waals surface area contributed by atoms with E-state index in [2.05, 4.69) is 31.9 Å². The average Bonchev–Trinajstić information content (AvgIpc) is 2.92. The van der Waals surface area contributed by atoms with E-state index < -0.39 is 0 Å². The Bertz CT molecular complexity index is 451. The summed E-state index contributed by atoms with van der Waals surface area (Å²) in [6, 6.07) is 0. The Hall–Kier alpha value is 0.840. The maximum atomic E-state index is 6.59. The van der Waals surface area contributed by atoms with Gasteiger partial charge in [-0.2, -0.15) is 0 Å². The van der Waals surface area contributed by atoms with E-state index in [1.807, 2.05) is 0 Å². The molecule has 2 fully saturated rings. The van der Waals surface area contributed by atoms with Crippen LogP contribution in [0.4, 0.5) is 0 Å². The first kappa shape index (κ1) is 34.0. The van der Waals surface area contributed by atoms with Crippen LogP contribution in [0.2, 0.25) is 0 Å². The lowest BCUT2D eigenvalue weighted by Crippen LogP contribution is -2.41. The van der Waals surface area contributed by atoms with Crippen molar-refractivity contribution in [2.75, 3.05) is 23.9 Å². The summed E-state index contributed by atoms with van der Waals surface area (Å²) in [5.74, 6) is 1.11. The summed E-state index contributed by atoms with van der Waals surface area (Å²) in [7, 11) is 0.